The Morgan fingerprint density at radius 1 is 1.64 bits per heavy atom. The molecular formula is C9H14N4O. The molecule has 5 heteroatoms. The Morgan fingerprint density at radius 2 is 2.36 bits per heavy atom. The van der Waals surface area contributed by atoms with E-state index in [1.807, 2.05) is 6.92 Å². The van der Waals surface area contributed by atoms with Gasteiger partial charge in [-0.05, 0) is 19.1 Å². The van der Waals surface area contributed by atoms with Crippen molar-refractivity contribution >= 4 is 11.7 Å². The molecule has 1 amide bonds. The SMILES string of the molecule is CC(N)CNc1cccc(C(N)=O)n1. The molecule has 5 N–H and O–H groups in total. The third-order valence-electron chi connectivity index (χ3n) is 1.61. The van der Waals surface area contributed by atoms with E-state index >= 15 is 0 Å². The summed E-state index contributed by atoms with van der Waals surface area (Å²) >= 11 is 0. The van der Waals surface area contributed by atoms with Crippen LogP contribution < -0.4 is 16.8 Å². The number of carbonyl (C=O) groups excluding carboxylic acids is 1. The molecule has 1 heterocycles. The summed E-state index contributed by atoms with van der Waals surface area (Å²) in [4.78, 5) is 14.8. The zero-order valence-corrected chi connectivity index (χ0v) is 8.03. The molecule has 0 saturated heterocycles. The number of primary amides is 1. The maximum Gasteiger partial charge on any atom is 0.267 e. The highest BCUT2D eigenvalue weighted by molar-refractivity contribution is 5.91. The summed E-state index contributed by atoms with van der Waals surface area (Å²) in [5, 5.41) is 3.00. The molecule has 0 saturated carbocycles. The third-order valence-corrected chi connectivity index (χ3v) is 1.61. The first kappa shape index (κ1) is 10.5. The highest BCUT2D eigenvalue weighted by atomic mass is 16.1. The van der Waals surface area contributed by atoms with E-state index in [0.717, 1.165) is 0 Å². The summed E-state index contributed by atoms with van der Waals surface area (Å²) in [6.45, 7) is 2.49. The smallest absolute Gasteiger partial charge is 0.267 e. The first-order valence-corrected chi connectivity index (χ1v) is 4.36. The zero-order chi connectivity index (χ0) is 10.6. The summed E-state index contributed by atoms with van der Waals surface area (Å²) in [5.41, 5.74) is 10.9. The molecule has 1 unspecified atom stereocenters. The van der Waals surface area contributed by atoms with Crippen LogP contribution in [0.1, 0.15) is 17.4 Å². The number of pyridine rings is 1. The van der Waals surface area contributed by atoms with Gasteiger partial charge in [0.05, 0.1) is 0 Å². The maximum atomic E-state index is 10.8. The number of anilines is 1. The Kier molecular flexibility index (Phi) is 3.41. The number of carbonyl (C=O) groups is 1. The average Bonchev–Trinajstić information content (AvgIpc) is 2.15. The van der Waals surface area contributed by atoms with Crippen LogP contribution in [0.25, 0.3) is 0 Å². The Balaban J connectivity index is 2.69. The number of aromatic nitrogens is 1. The van der Waals surface area contributed by atoms with Crippen molar-refractivity contribution in [2.24, 2.45) is 11.5 Å². The summed E-state index contributed by atoms with van der Waals surface area (Å²) in [6, 6.07) is 5.08. The fourth-order valence-electron chi connectivity index (χ4n) is 0.936. The highest BCUT2D eigenvalue weighted by Gasteiger charge is 2.02. The van der Waals surface area contributed by atoms with Gasteiger partial charge in [0.2, 0.25) is 0 Å². The van der Waals surface area contributed by atoms with E-state index in [1.165, 1.54) is 0 Å². The van der Waals surface area contributed by atoms with Gasteiger partial charge in [-0.3, -0.25) is 4.79 Å². The number of hydrogen-bond acceptors (Lipinski definition) is 4. The molecule has 1 rings (SSSR count). The fourth-order valence-corrected chi connectivity index (χ4v) is 0.936. The molecule has 76 valence electrons. The lowest BCUT2D eigenvalue weighted by molar-refractivity contribution is 0.0995. The van der Waals surface area contributed by atoms with Gasteiger partial charge in [-0.1, -0.05) is 6.07 Å². The molecule has 0 spiro atoms. The van der Waals surface area contributed by atoms with Crippen LogP contribution in [-0.4, -0.2) is 23.5 Å². The Labute approximate surface area is 82.5 Å². The van der Waals surface area contributed by atoms with Gasteiger partial charge < -0.3 is 16.8 Å². The minimum Gasteiger partial charge on any atom is -0.369 e. The molecule has 1 aromatic rings. The molecule has 0 bridgehead atoms. The predicted molar refractivity (Wildman–Crippen MR) is 54.9 cm³/mol. The molecule has 0 radical (unpaired) electrons. The van der Waals surface area contributed by atoms with E-state index in [1.54, 1.807) is 18.2 Å². The van der Waals surface area contributed by atoms with Crippen molar-refractivity contribution in [1.82, 2.24) is 4.98 Å². The highest BCUT2D eigenvalue weighted by Crippen LogP contribution is 2.03. The first-order valence-electron chi connectivity index (χ1n) is 4.36. The standard InChI is InChI=1S/C9H14N4O/c1-6(10)5-12-8-4-2-3-7(13-8)9(11)14/h2-4,6H,5,10H2,1H3,(H2,11,14)(H,12,13). The van der Waals surface area contributed by atoms with Gasteiger partial charge in [-0.15, -0.1) is 0 Å². The van der Waals surface area contributed by atoms with Crippen molar-refractivity contribution in [3.8, 4) is 0 Å². The van der Waals surface area contributed by atoms with Crippen LogP contribution in [0.3, 0.4) is 0 Å². The topological polar surface area (TPSA) is 94.0 Å². The summed E-state index contributed by atoms with van der Waals surface area (Å²) < 4.78 is 0. The normalized spacial score (nSPS) is 12.1. The molecule has 5 nitrogen and oxygen atoms in total. The monoisotopic (exact) mass is 194 g/mol. The summed E-state index contributed by atoms with van der Waals surface area (Å²) in [6.07, 6.45) is 0. The molecular weight excluding hydrogens is 180 g/mol. The third kappa shape index (κ3) is 3.02. The molecule has 0 aromatic carbocycles. The number of rotatable bonds is 4. The van der Waals surface area contributed by atoms with Crippen molar-refractivity contribution in [2.45, 2.75) is 13.0 Å². The van der Waals surface area contributed by atoms with Gasteiger partial charge in [-0.25, -0.2) is 4.98 Å². The molecule has 0 aliphatic rings. The van der Waals surface area contributed by atoms with Crippen LogP contribution in [0, 0.1) is 0 Å². The molecule has 0 fully saturated rings. The van der Waals surface area contributed by atoms with Crippen LogP contribution in [0.4, 0.5) is 5.82 Å². The minimum atomic E-state index is -0.533. The van der Waals surface area contributed by atoms with Gasteiger partial charge in [0.25, 0.3) is 5.91 Å². The van der Waals surface area contributed by atoms with Crippen molar-refractivity contribution in [3.63, 3.8) is 0 Å². The second-order valence-electron chi connectivity index (χ2n) is 3.13. The fraction of sp³-hybridized carbons (Fsp3) is 0.333. The Hall–Kier alpha value is -1.62. The van der Waals surface area contributed by atoms with E-state index in [4.69, 9.17) is 11.5 Å². The second kappa shape index (κ2) is 4.57. The van der Waals surface area contributed by atoms with Gasteiger partial charge in [0.15, 0.2) is 0 Å². The zero-order valence-electron chi connectivity index (χ0n) is 8.03. The molecule has 1 aromatic heterocycles. The molecule has 1 atom stereocenters. The lowest BCUT2D eigenvalue weighted by Gasteiger charge is -2.08. The van der Waals surface area contributed by atoms with Crippen LogP contribution in [0.5, 0.6) is 0 Å². The van der Waals surface area contributed by atoms with Crippen LogP contribution in [0.15, 0.2) is 18.2 Å². The predicted octanol–water partition coefficient (Wildman–Crippen LogP) is -0.0604. The number of nitrogens with zero attached hydrogens (tertiary/aromatic N) is 1. The van der Waals surface area contributed by atoms with E-state index in [2.05, 4.69) is 10.3 Å². The lowest BCUT2D eigenvalue weighted by atomic mass is 10.3. The largest absolute Gasteiger partial charge is 0.369 e. The van der Waals surface area contributed by atoms with Crippen LogP contribution >= 0.6 is 0 Å². The van der Waals surface area contributed by atoms with E-state index in [-0.39, 0.29) is 11.7 Å². The van der Waals surface area contributed by atoms with Crippen molar-refractivity contribution in [1.29, 1.82) is 0 Å². The van der Waals surface area contributed by atoms with Crippen molar-refractivity contribution < 1.29 is 4.79 Å². The Bertz CT molecular complexity index is 324. The van der Waals surface area contributed by atoms with Crippen molar-refractivity contribution in [2.75, 3.05) is 11.9 Å². The molecule has 0 aliphatic heterocycles. The number of nitrogens with one attached hydrogen (secondary N) is 1. The van der Waals surface area contributed by atoms with Crippen LogP contribution in [-0.2, 0) is 0 Å². The van der Waals surface area contributed by atoms with E-state index < -0.39 is 5.91 Å². The van der Waals surface area contributed by atoms with E-state index in [9.17, 15) is 4.79 Å². The molecule has 14 heavy (non-hydrogen) atoms. The summed E-state index contributed by atoms with van der Waals surface area (Å²) in [5.74, 6) is 0.0769. The Morgan fingerprint density at radius 3 is 2.93 bits per heavy atom. The van der Waals surface area contributed by atoms with Gasteiger partial charge in [-0.2, -0.15) is 0 Å². The minimum absolute atomic E-state index is 0.0361. The number of hydrogen-bond donors (Lipinski definition) is 3. The lowest BCUT2D eigenvalue weighted by Crippen LogP contribution is -2.25. The summed E-state index contributed by atoms with van der Waals surface area (Å²) in [7, 11) is 0. The average molecular weight is 194 g/mol. The number of nitrogens with two attached hydrogens (primary N) is 2. The van der Waals surface area contributed by atoms with Gasteiger partial charge in [0, 0.05) is 12.6 Å². The van der Waals surface area contributed by atoms with Crippen LogP contribution in [0.2, 0.25) is 0 Å². The van der Waals surface area contributed by atoms with Crippen molar-refractivity contribution in [3.05, 3.63) is 23.9 Å². The van der Waals surface area contributed by atoms with Gasteiger partial charge >= 0.3 is 0 Å². The van der Waals surface area contributed by atoms with E-state index in [0.29, 0.717) is 12.4 Å². The molecule has 0 aliphatic carbocycles. The number of amides is 1. The quantitative estimate of drug-likeness (QED) is 0.625. The van der Waals surface area contributed by atoms with Gasteiger partial charge in [0.1, 0.15) is 11.5 Å². The first-order chi connectivity index (χ1) is 6.59. The maximum absolute atomic E-state index is 10.8. The second-order valence-corrected chi connectivity index (χ2v) is 3.13.